The van der Waals surface area contributed by atoms with Crippen molar-refractivity contribution in [2.24, 2.45) is 0 Å². The summed E-state index contributed by atoms with van der Waals surface area (Å²) in [4.78, 5) is 37.3. The van der Waals surface area contributed by atoms with Crippen LogP contribution in [0.2, 0.25) is 0 Å². The number of hydrogen-bond donors (Lipinski definition) is 3. The number of amides is 2. The molecule has 2 rings (SSSR count). The number of ketones is 1. The van der Waals surface area contributed by atoms with Gasteiger partial charge in [-0.25, -0.2) is 0 Å². The minimum Gasteiger partial charge on any atom is -0.347 e. The van der Waals surface area contributed by atoms with Gasteiger partial charge in [0.25, 0.3) is 0 Å². The number of nitrogens with zero attached hydrogens (tertiary/aromatic N) is 5. The summed E-state index contributed by atoms with van der Waals surface area (Å²) in [5.74, 6) is -1.68. The number of likely N-dealkylation sites (tertiary alicyclic amines) is 1. The Kier molecular flexibility index (Phi) is 6.53. The van der Waals surface area contributed by atoms with Crippen LogP contribution in [0.25, 0.3) is 0 Å². The van der Waals surface area contributed by atoms with Crippen molar-refractivity contribution in [3.63, 3.8) is 0 Å². The third kappa shape index (κ3) is 5.75. The standard InChI is InChI=1S/C12H19N7O7S/c1-7(20)19-6-8(18(2)26-27(23,24)25)3-4-9(19)12(22)13-5-10(21)11-14-16-17-15-11/h8-9H,3-6H2,1-2H3,(H,13,22)(H,23,24,25)(H,14,15,16,17)/t8-,9+/m1/s1. The molecule has 27 heavy (non-hydrogen) atoms. The first kappa shape index (κ1) is 20.8. The van der Waals surface area contributed by atoms with Gasteiger partial charge in [-0.15, -0.1) is 10.2 Å². The monoisotopic (exact) mass is 405 g/mol. The third-order valence-electron chi connectivity index (χ3n) is 4.01. The van der Waals surface area contributed by atoms with E-state index in [1.165, 1.54) is 18.9 Å². The van der Waals surface area contributed by atoms with Crippen molar-refractivity contribution in [1.82, 2.24) is 35.9 Å². The number of piperidine rings is 1. The average molecular weight is 405 g/mol. The van der Waals surface area contributed by atoms with Crippen LogP contribution in [0.5, 0.6) is 0 Å². The van der Waals surface area contributed by atoms with Gasteiger partial charge in [-0.1, -0.05) is 0 Å². The molecule has 2 amide bonds. The molecule has 15 heteroatoms. The SMILES string of the molecule is CC(=O)N1C[C@H](N(C)OS(=O)(=O)O)CC[C@H]1C(=O)NCC(=O)c1nn[nH]n1. The lowest BCUT2D eigenvalue weighted by atomic mass is 9.97. The van der Waals surface area contributed by atoms with Crippen LogP contribution in [-0.2, 0) is 24.3 Å². The van der Waals surface area contributed by atoms with Crippen molar-refractivity contribution in [1.29, 1.82) is 0 Å². The van der Waals surface area contributed by atoms with E-state index in [9.17, 15) is 22.8 Å². The quantitative estimate of drug-likeness (QED) is 0.248. The smallest absolute Gasteiger partial charge is 0.347 e. The number of aromatic amines is 1. The molecule has 150 valence electrons. The number of carbonyl (C=O) groups excluding carboxylic acids is 3. The van der Waals surface area contributed by atoms with Crippen molar-refractivity contribution < 1.29 is 31.6 Å². The first-order valence-electron chi connectivity index (χ1n) is 7.80. The van der Waals surface area contributed by atoms with E-state index in [4.69, 9.17) is 4.55 Å². The molecule has 14 nitrogen and oxygen atoms in total. The first-order valence-corrected chi connectivity index (χ1v) is 9.16. The Morgan fingerprint density at radius 1 is 1.41 bits per heavy atom. The molecular formula is C12H19N7O7S. The number of H-pyrrole nitrogens is 1. The Bertz CT molecular complexity index is 797. The summed E-state index contributed by atoms with van der Waals surface area (Å²) in [6.45, 7) is 0.894. The second-order valence-electron chi connectivity index (χ2n) is 5.84. The summed E-state index contributed by atoms with van der Waals surface area (Å²) >= 11 is 0. The van der Waals surface area contributed by atoms with Gasteiger partial charge in [0.15, 0.2) is 0 Å². The van der Waals surface area contributed by atoms with Gasteiger partial charge >= 0.3 is 10.4 Å². The minimum atomic E-state index is -4.69. The van der Waals surface area contributed by atoms with Crippen LogP contribution in [0.3, 0.4) is 0 Å². The number of Topliss-reactive ketones (excluding diaryl/α,β-unsaturated/α-hetero) is 1. The molecule has 1 aromatic heterocycles. The Balaban J connectivity index is 1.97. The van der Waals surface area contributed by atoms with Crippen molar-refractivity contribution >= 4 is 28.0 Å². The van der Waals surface area contributed by atoms with E-state index in [0.717, 1.165) is 5.06 Å². The summed E-state index contributed by atoms with van der Waals surface area (Å²) in [6, 6.07) is -1.39. The van der Waals surface area contributed by atoms with Crippen molar-refractivity contribution in [3.8, 4) is 0 Å². The molecule has 0 aromatic carbocycles. The minimum absolute atomic E-state index is 0.00176. The zero-order valence-corrected chi connectivity index (χ0v) is 15.3. The molecule has 0 unspecified atom stereocenters. The fourth-order valence-electron chi connectivity index (χ4n) is 2.72. The lowest BCUT2D eigenvalue weighted by Crippen LogP contribution is -2.57. The molecule has 0 radical (unpaired) electrons. The third-order valence-corrected chi connectivity index (χ3v) is 4.43. The number of nitrogens with one attached hydrogen (secondary N) is 2. The van der Waals surface area contributed by atoms with Gasteiger partial charge in [-0.05, 0) is 18.1 Å². The largest absolute Gasteiger partial charge is 0.413 e. The lowest BCUT2D eigenvalue weighted by Gasteiger charge is -2.40. The van der Waals surface area contributed by atoms with E-state index in [1.807, 2.05) is 0 Å². The van der Waals surface area contributed by atoms with E-state index in [1.54, 1.807) is 0 Å². The first-order chi connectivity index (χ1) is 12.6. The highest BCUT2D eigenvalue weighted by molar-refractivity contribution is 7.80. The van der Waals surface area contributed by atoms with E-state index >= 15 is 0 Å². The van der Waals surface area contributed by atoms with E-state index in [2.05, 4.69) is 30.2 Å². The number of likely N-dealkylation sites (N-methyl/N-ethyl adjacent to an activating group) is 1. The second-order valence-corrected chi connectivity index (χ2v) is 6.85. The fraction of sp³-hybridized carbons (Fsp3) is 0.667. The normalized spacial score (nSPS) is 20.5. The van der Waals surface area contributed by atoms with Gasteiger partial charge < -0.3 is 10.2 Å². The fourth-order valence-corrected chi connectivity index (χ4v) is 3.14. The summed E-state index contributed by atoms with van der Waals surface area (Å²) in [6.07, 6.45) is 0.512. The Morgan fingerprint density at radius 2 is 2.11 bits per heavy atom. The van der Waals surface area contributed by atoms with Gasteiger partial charge in [-0.2, -0.15) is 23.0 Å². The van der Waals surface area contributed by atoms with Crippen LogP contribution in [0.4, 0.5) is 0 Å². The van der Waals surface area contributed by atoms with Gasteiger partial charge in [-0.3, -0.25) is 18.9 Å². The molecule has 0 spiro atoms. The van der Waals surface area contributed by atoms with Crippen LogP contribution >= 0.6 is 0 Å². The van der Waals surface area contributed by atoms with Crippen LogP contribution < -0.4 is 5.32 Å². The summed E-state index contributed by atoms with van der Waals surface area (Å²) in [5, 5.41) is 15.7. The molecule has 3 N–H and O–H groups in total. The average Bonchev–Trinajstić information content (AvgIpc) is 3.12. The van der Waals surface area contributed by atoms with E-state index in [0.29, 0.717) is 6.42 Å². The van der Waals surface area contributed by atoms with E-state index in [-0.39, 0.29) is 25.3 Å². The number of hydrogen-bond acceptors (Lipinski definition) is 10. The van der Waals surface area contributed by atoms with Crippen molar-refractivity contribution in [2.45, 2.75) is 31.8 Å². The maximum absolute atomic E-state index is 12.4. The lowest BCUT2D eigenvalue weighted by molar-refractivity contribution is -0.148. The van der Waals surface area contributed by atoms with Crippen LogP contribution in [0.15, 0.2) is 0 Å². The molecule has 1 aliphatic rings. The maximum Gasteiger partial charge on any atom is 0.413 e. The Morgan fingerprint density at radius 3 is 2.67 bits per heavy atom. The molecule has 1 aliphatic heterocycles. The molecule has 1 saturated heterocycles. The number of tetrazole rings is 1. The Hall–Kier alpha value is -2.49. The predicted octanol–water partition coefficient (Wildman–Crippen LogP) is -2.46. The number of aromatic nitrogens is 4. The molecule has 0 aliphatic carbocycles. The van der Waals surface area contributed by atoms with Gasteiger partial charge in [0, 0.05) is 20.5 Å². The van der Waals surface area contributed by atoms with Gasteiger partial charge in [0.2, 0.25) is 23.4 Å². The topological polar surface area (TPSA) is 188 Å². The zero-order valence-electron chi connectivity index (χ0n) is 14.5. The summed E-state index contributed by atoms with van der Waals surface area (Å²) in [5.41, 5.74) is 0. The van der Waals surface area contributed by atoms with Crippen LogP contribution in [-0.4, -0.2) is 93.4 Å². The maximum atomic E-state index is 12.4. The van der Waals surface area contributed by atoms with E-state index < -0.39 is 40.1 Å². The number of rotatable bonds is 7. The summed E-state index contributed by atoms with van der Waals surface area (Å²) < 4.78 is 34.8. The molecule has 1 fully saturated rings. The van der Waals surface area contributed by atoms with Gasteiger partial charge in [0.05, 0.1) is 12.6 Å². The zero-order chi connectivity index (χ0) is 20.2. The molecule has 0 saturated carbocycles. The van der Waals surface area contributed by atoms with Crippen molar-refractivity contribution in [3.05, 3.63) is 5.82 Å². The predicted molar refractivity (Wildman–Crippen MR) is 86.1 cm³/mol. The number of hydroxylamine groups is 2. The second kappa shape index (κ2) is 8.47. The molecular weight excluding hydrogens is 386 g/mol. The highest BCUT2D eigenvalue weighted by atomic mass is 32.3. The molecule has 2 heterocycles. The number of carbonyl (C=O) groups is 3. The Labute approximate surface area is 154 Å². The highest BCUT2D eigenvalue weighted by Gasteiger charge is 2.37. The molecule has 0 bridgehead atoms. The van der Waals surface area contributed by atoms with Crippen LogP contribution in [0, 0.1) is 0 Å². The summed E-state index contributed by atoms with van der Waals surface area (Å²) in [7, 11) is -3.40. The highest BCUT2D eigenvalue weighted by Crippen LogP contribution is 2.22. The van der Waals surface area contributed by atoms with Gasteiger partial charge in [0.1, 0.15) is 6.04 Å². The van der Waals surface area contributed by atoms with Crippen LogP contribution in [0.1, 0.15) is 30.4 Å². The van der Waals surface area contributed by atoms with Crippen molar-refractivity contribution in [2.75, 3.05) is 20.1 Å². The molecule has 2 atom stereocenters. The molecule has 1 aromatic rings.